The van der Waals surface area contributed by atoms with Crippen molar-refractivity contribution in [2.75, 3.05) is 37.8 Å². The Balaban J connectivity index is 1.88. The Morgan fingerprint density at radius 1 is 1.03 bits per heavy atom. The van der Waals surface area contributed by atoms with Crippen LogP contribution in [0.1, 0.15) is 6.42 Å². The third-order valence-corrected chi connectivity index (χ3v) is 4.29. The van der Waals surface area contributed by atoms with Crippen LogP contribution in [0, 0.1) is 0 Å². The maximum Gasteiger partial charge on any atom is 0.573 e. The second-order valence-corrected chi connectivity index (χ2v) is 7.29. The van der Waals surface area contributed by atoms with Gasteiger partial charge in [-0.25, -0.2) is 4.98 Å². The molecule has 3 aromatic rings. The summed E-state index contributed by atoms with van der Waals surface area (Å²) in [5.74, 6) is 0.577. The number of hydrogen-bond donors (Lipinski definition) is 3. The summed E-state index contributed by atoms with van der Waals surface area (Å²) in [6, 6.07) is 13.7. The number of hydrogen-bond acceptors (Lipinski definition) is 7. The Kier molecular flexibility index (Phi) is 7.37. The summed E-state index contributed by atoms with van der Waals surface area (Å²) in [4.78, 5) is 11.0. The zero-order chi connectivity index (χ0) is 23.1. The van der Waals surface area contributed by atoms with E-state index in [4.69, 9.17) is 0 Å². The molecule has 3 rings (SSSR count). The molecule has 7 nitrogen and oxygen atoms in total. The fourth-order valence-electron chi connectivity index (χ4n) is 2.88. The number of nitrogens with zero attached hydrogens (tertiary/aromatic N) is 3. The van der Waals surface area contributed by atoms with Crippen LogP contribution >= 0.6 is 0 Å². The second-order valence-electron chi connectivity index (χ2n) is 7.29. The highest BCUT2D eigenvalue weighted by molar-refractivity contribution is 5.68. The average Bonchev–Trinajstić information content (AvgIpc) is 2.72. The van der Waals surface area contributed by atoms with Gasteiger partial charge < -0.3 is 25.4 Å². The lowest BCUT2D eigenvalue weighted by Crippen LogP contribution is -2.17. The summed E-state index contributed by atoms with van der Waals surface area (Å²) in [6.45, 7) is 1.50. The fourth-order valence-corrected chi connectivity index (χ4v) is 2.88. The average molecular weight is 447 g/mol. The van der Waals surface area contributed by atoms with E-state index in [9.17, 15) is 18.3 Å². The van der Waals surface area contributed by atoms with E-state index in [1.165, 1.54) is 30.3 Å². The number of anilines is 3. The van der Waals surface area contributed by atoms with E-state index in [0.717, 1.165) is 13.0 Å². The minimum Gasteiger partial charge on any atom is -0.508 e. The van der Waals surface area contributed by atoms with Crippen molar-refractivity contribution in [3.05, 3.63) is 54.6 Å². The highest BCUT2D eigenvalue weighted by Crippen LogP contribution is 2.29. The standard InChI is InChI=1S/C22H24F3N5O2/c1-30(2)12-4-11-26-21-28-19(15-5-3-6-18(13-15)32-22(23,24)25)14-20(29-21)27-16-7-9-17(31)10-8-16/h3,5-10,13-14,31H,4,11-12H2,1-2H3,(H2,26,27,28,29). The maximum absolute atomic E-state index is 12.6. The number of phenolic OH excluding ortho intramolecular Hbond substituents is 1. The molecule has 0 bridgehead atoms. The maximum atomic E-state index is 12.6. The molecule has 0 unspecified atom stereocenters. The van der Waals surface area contributed by atoms with E-state index in [1.54, 1.807) is 24.3 Å². The van der Waals surface area contributed by atoms with E-state index in [2.05, 4.69) is 30.2 Å². The van der Waals surface area contributed by atoms with Crippen LogP contribution in [0.5, 0.6) is 11.5 Å². The van der Waals surface area contributed by atoms with Crippen LogP contribution < -0.4 is 15.4 Å². The molecule has 0 spiro atoms. The molecule has 1 aromatic heterocycles. The monoisotopic (exact) mass is 447 g/mol. The molecule has 0 atom stereocenters. The van der Waals surface area contributed by atoms with Gasteiger partial charge in [-0.3, -0.25) is 0 Å². The molecule has 1 heterocycles. The largest absolute Gasteiger partial charge is 0.573 e. The number of phenols is 1. The lowest BCUT2D eigenvalue weighted by Gasteiger charge is -2.14. The van der Waals surface area contributed by atoms with E-state index in [-0.39, 0.29) is 11.5 Å². The van der Waals surface area contributed by atoms with Crippen LogP contribution in [0.15, 0.2) is 54.6 Å². The van der Waals surface area contributed by atoms with Crippen LogP contribution in [-0.4, -0.2) is 53.5 Å². The first-order chi connectivity index (χ1) is 15.2. The van der Waals surface area contributed by atoms with Gasteiger partial charge in [-0.05, 0) is 63.5 Å². The highest BCUT2D eigenvalue weighted by Gasteiger charge is 2.31. The van der Waals surface area contributed by atoms with Gasteiger partial charge >= 0.3 is 6.36 Å². The smallest absolute Gasteiger partial charge is 0.508 e. The van der Waals surface area contributed by atoms with Crippen molar-refractivity contribution in [3.63, 3.8) is 0 Å². The molecule has 0 fully saturated rings. The van der Waals surface area contributed by atoms with Gasteiger partial charge in [0.05, 0.1) is 5.69 Å². The summed E-state index contributed by atoms with van der Waals surface area (Å²) in [6.07, 6.45) is -3.93. The summed E-state index contributed by atoms with van der Waals surface area (Å²) in [7, 11) is 3.96. The van der Waals surface area contributed by atoms with Gasteiger partial charge in [0.1, 0.15) is 17.3 Å². The van der Waals surface area contributed by atoms with Crippen LogP contribution in [0.3, 0.4) is 0 Å². The van der Waals surface area contributed by atoms with Crippen LogP contribution in [0.4, 0.5) is 30.6 Å². The van der Waals surface area contributed by atoms with Crippen LogP contribution in [0.25, 0.3) is 11.3 Å². The molecular weight excluding hydrogens is 423 g/mol. The van der Waals surface area contributed by atoms with E-state index < -0.39 is 6.36 Å². The Bertz CT molecular complexity index is 1030. The lowest BCUT2D eigenvalue weighted by atomic mass is 10.1. The van der Waals surface area contributed by atoms with Crippen molar-refractivity contribution in [1.29, 1.82) is 0 Å². The number of benzene rings is 2. The molecule has 2 aromatic carbocycles. The van der Waals surface area contributed by atoms with Crippen molar-refractivity contribution < 1.29 is 23.0 Å². The minimum absolute atomic E-state index is 0.128. The van der Waals surface area contributed by atoms with Gasteiger partial charge in [0, 0.05) is 23.9 Å². The molecule has 3 N–H and O–H groups in total. The van der Waals surface area contributed by atoms with Gasteiger partial charge in [-0.1, -0.05) is 12.1 Å². The molecular formula is C22H24F3N5O2. The molecule has 0 aliphatic rings. The molecule has 0 aliphatic heterocycles. The summed E-state index contributed by atoms with van der Waals surface area (Å²) < 4.78 is 41.9. The quantitative estimate of drug-likeness (QED) is 0.319. The number of ether oxygens (including phenoxy) is 1. The Morgan fingerprint density at radius 3 is 2.47 bits per heavy atom. The molecule has 0 amide bonds. The van der Waals surface area contributed by atoms with E-state index >= 15 is 0 Å². The molecule has 0 radical (unpaired) electrons. The number of rotatable bonds is 9. The zero-order valence-corrected chi connectivity index (χ0v) is 17.6. The molecule has 0 saturated heterocycles. The van der Waals surface area contributed by atoms with E-state index in [0.29, 0.717) is 35.3 Å². The highest BCUT2D eigenvalue weighted by atomic mass is 19.4. The van der Waals surface area contributed by atoms with Crippen molar-refractivity contribution in [1.82, 2.24) is 14.9 Å². The van der Waals surface area contributed by atoms with E-state index in [1.807, 2.05) is 14.1 Å². The third-order valence-electron chi connectivity index (χ3n) is 4.29. The zero-order valence-electron chi connectivity index (χ0n) is 17.6. The van der Waals surface area contributed by atoms with Crippen molar-refractivity contribution in [2.24, 2.45) is 0 Å². The third kappa shape index (κ3) is 7.31. The normalized spacial score (nSPS) is 11.4. The SMILES string of the molecule is CN(C)CCCNc1nc(Nc2ccc(O)cc2)cc(-c2cccc(OC(F)(F)F)c2)n1. The molecule has 0 saturated carbocycles. The predicted molar refractivity (Wildman–Crippen MR) is 117 cm³/mol. The molecule has 32 heavy (non-hydrogen) atoms. The van der Waals surface area contributed by atoms with Crippen molar-refractivity contribution >= 4 is 17.5 Å². The van der Waals surface area contributed by atoms with Gasteiger partial charge in [0.2, 0.25) is 5.95 Å². The van der Waals surface area contributed by atoms with Crippen molar-refractivity contribution in [3.8, 4) is 22.8 Å². The Hall–Kier alpha value is -3.53. The van der Waals surface area contributed by atoms with Crippen LogP contribution in [0.2, 0.25) is 0 Å². The van der Waals surface area contributed by atoms with Gasteiger partial charge in [0.25, 0.3) is 0 Å². The first-order valence-electron chi connectivity index (χ1n) is 9.88. The van der Waals surface area contributed by atoms with Crippen LogP contribution in [-0.2, 0) is 0 Å². The van der Waals surface area contributed by atoms with Gasteiger partial charge in [-0.2, -0.15) is 4.98 Å². The predicted octanol–water partition coefficient (Wildman–Crippen LogP) is 4.86. The van der Waals surface area contributed by atoms with Gasteiger partial charge in [-0.15, -0.1) is 13.2 Å². The second kappa shape index (κ2) is 10.2. The summed E-state index contributed by atoms with van der Waals surface area (Å²) in [5.41, 5.74) is 1.54. The molecule has 0 aliphatic carbocycles. The number of halogens is 3. The number of aromatic hydroxyl groups is 1. The molecule has 170 valence electrons. The van der Waals surface area contributed by atoms with Gasteiger partial charge in [0.15, 0.2) is 0 Å². The molecule has 10 heteroatoms. The first kappa shape index (κ1) is 23.1. The number of nitrogens with one attached hydrogen (secondary N) is 2. The number of aromatic nitrogens is 2. The Morgan fingerprint density at radius 2 is 1.78 bits per heavy atom. The van der Waals surface area contributed by atoms with Crippen molar-refractivity contribution in [2.45, 2.75) is 12.8 Å². The minimum atomic E-state index is -4.78. The topological polar surface area (TPSA) is 82.5 Å². The lowest BCUT2D eigenvalue weighted by molar-refractivity contribution is -0.274. The number of alkyl halides is 3. The Labute approximate surface area is 183 Å². The summed E-state index contributed by atoms with van der Waals surface area (Å²) >= 11 is 0. The summed E-state index contributed by atoms with van der Waals surface area (Å²) in [5, 5.41) is 15.7. The first-order valence-corrected chi connectivity index (χ1v) is 9.88. The fraction of sp³-hybridized carbons (Fsp3) is 0.273.